The lowest BCUT2D eigenvalue weighted by Gasteiger charge is -2.10. The van der Waals surface area contributed by atoms with E-state index < -0.39 is 0 Å². The van der Waals surface area contributed by atoms with Crippen LogP contribution in [0.2, 0.25) is 0 Å². The van der Waals surface area contributed by atoms with E-state index in [1.165, 1.54) is 0 Å². The molecule has 96 valence electrons. The second kappa shape index (κ2) is 4.03. The van der Waals surface area contributed by atoms with E-state index in [1.54, 1.807) is 4.52 Å². The fourth-order valence-corrected chi connectivity index (χ4v) is 2.22. The van der Waals surface area contributed by atoms with Crippen LogP contribution in [-0.4, -0.2) is 19.8 Å². The Morgan fingerprint density at radius 1 is 1.05 bits per heavy atom. The van der Waals surface area contributed by atoms with Gasteiger partial charge < -0.3 is 5.73 Å². The summed E-state index contributed by atoms with van der Waals surface area (Å²) in [7, 11) is 0. The van der Waals surface area contributed by atoms with Gasteiger partial charge in [0.05, 0.1) is 0 Å². The molecule has 5 heteroatoms. The first kappa shape index (κ1) is 10.9. The van der Waals surface area contributed by atoms with Crippen LogP contribution in [0.15, 0.2) is 54.6 Å². The zero-order chi connectivity index (χ0) is 13.5. The van der Waals surface area contributed by atoms with Gasteiger partial charge in [0, 0.05) is 11.1 Å². The van der Waals surface area contributed by atoms with E-state index in [4.69, 9.17) is 5.73 Å². The third kappa shape index (κ3) is 1.53. The zero-order valence-corrected chi connectivity index (χ0v) is 10.6. The SMILES string of the molecule is Nc1nn2c(-c3ccccc3)nnc2cc1C1=CC=C1. The van der Waals surface area contributed by atoms with Crippen molar-refractivity contribution >= 4 is 17.0 Å². The van der Waals surface area contributed by atoms with Gasteiger partial charge in [0.2, 0.25) is 0 Å². The summed E-state index contributed by atoms with van der Waals surface area (Å²) < 4.78 is 1.68. The second-order valence-electron chi connectivity index (χ2n) is 4.58. The number of nitrogen functional groups attached to an aromatic ring is 1. The molecule has 0 radical (unpaired) electrons. The number of rotatable bonds is 2. The maximum absolute atomic E-state index is 6.04. The molecule has 0 saturated heterocycles. The molecule has 20 heavy (non-hydrogen) atoms. The van der Waals surface area contributed by atoms with Crippen LogP contribution in [0.5, 0.6) is 0 Å². The Labute approximate surface area is 115 Å². The topological polar surface area (TPSA) is 69.1 Å². The molecule has 0 aliphatic heterocycles. The first-order chi connectivity index (χ1) is 9.83. The van der Waals surface area contributed by atoms with Crippen LogP contribution in [0.3, 0.4) is 0 Å². The number of aromatic nitrogens is 4. The van der Waals surface area contributed by atoms with Gasteiger partial charge in [-0.15, -0.1) is 15.3 Å². The molecule has 5 nitrogen and oxygen atoms in total. The Kier molecular flexibility index (Phi) is 2.20. The van der Waals surface area contributed by atoms with Crippen LogP contribution >= 0.6 is 0 Å². The molecular formula is C15H11N5. The molecule has 3 aromatic rings. The molecular weight excluding hydrogens is 250 g/mol. The predicted molar refractivity (Wildman–Crippen MR) is 77.7 cm³/mol. The van der Waals surface area contributed by atoms with Crippen LogP contribution in [0.25, 0.3) is 22.6 Å². The monoisotopic (exact) mass is 261 g/mol. The van der Waals surface area contributed by atoms with Crippen molar-refractivity contribution in [1.82, 2.24) is 19.8 Å². The van der Waals surface area contributed by atoms with Gasteiger partial charge in [0.25, 0.3) is 0 Å². The maximum Gasteiger partial charge on any atom is 0.185 e. The van der Waals surface area contributed by atoms with Crippen LogP contribution in [-0.2, 0) is 0 Å². The molecule has 2 heterocycles. The standard InChI is InChI=1S/C15H11N5/c16-14-12(10-7-4-8-10)9-13-17-18-15(20(13)19-14)11-5-2-1-3-6-11/h1-9H,(H2,16,19). The van der Waals surface area contributed by atoms with E-state index in [1.807, 2.05) is 54.6 Å². The zero-order valence-electron chi connectivity index (χ0n) is 10.6. The average Bonchev–Trinajstić information content (AvgIpc) is 2.81. The van der Waals surface area contributed by atoms with Crippen molar-refractivity contribution in [1.29, 1.82) is 0 Å². The van der Waals surface area contributed by atoms with Gasteiger partial charge in [0.15, 0.2) is 17.3 Å². The number of allylic oxidation sites excluding steroid dienone is 4. The largest absolute Gasteiger partial charge is 0.382 e. The number of nitrogens with two attached hydrogens (primary N) is 1. The minimum atomic E-state index is 0.477. The first-order valence-corrected chi connectivity index (χ1v) is 6.29. The molecule has 0 unspecified atom stereocenters. The highest BCUT2D eigenvalue weighted by Crippen LogP contribution is 2.27. The lowest BCUT2D eigenvalue weighted by molar-refractivity contribution is 0.942. The molecule has 4 rings (SSSR count). The average molecular weight is 261 g/mol. The van der Waals surface area contributed by atoms with Crippen molar-refractivity contribution in [2.45, 2.75) is 0 Å². The molecule has 2 aromatic heterocycles. The highest BCUT2D eigenvalue weighted by atomic mass is 15.4. The van der Waals surface area contributed by atoms with Crippen molar-refractivity contribution in [3.05, 3.63) is 60.2 Å². The molecule has 2 N–H and O–H groups in total. The first-order valence-electron chi connectivity index (χ1n) is 6.29. The molecule has 0 saturated carbocycles. The predicted octanol–water partition coefficient (Wildman–Crippen LogP) is 2.33. The Hall–Kier alpha value is -2.95. The van der Waals surface area contributed by atoms with Gasteiger partial charge in [-0.25, -0.2) is 0 Å². The van der Waals surface area contributed by atoms with Crippen LogP contribution < -0.4 is 5.73 Å². The molecule has 1 aliphatic carbocycles. The smallest absolute Gasteiger partial charge is 0.185 e. The van der Waals surface area contributed by atoms with Gasteiger partial charge >= 0.3 is 0 Å². The normalized spacial score (nSPS) is 13.3. The van der Waals surface area contributed by atoms with Crippen molar-refractivity contribution in [2.24, 2.45) is 0 Å². The number of nitrogens with zero attached hydrogens (tertiary/aromatic N) is 4. The van der Waals surface area contributed by atoms with Gasteiger partial charge in [-0.3, -0.25) is 0 Å². The van der Waals surface area contributed by atoms with Gasteiger partial charge in [-0.05, 0) is 11.6 Å². The Morgan fingerprint density at radius 2 is 1.85 bits per heavy atom. The highest BCUT2D eigenvalue weighted by Gasteiger charge is 2.14. The fraction of sp³-hybridized carbons (Fsp3) is 0. The summed E-state index contributed by atoms with van der Waals surface area (Å²) in [5.41, 5.74) is 9.66. The van der Waals surface area contributed by atoms with E-state index >= 15 is 0 Å². The molecule has 0 atom stereocenters. The molecule has 1 aromatic carbocycles. The summed E-state index contributed by atoms with van der Waals surface area (Å²) in [5, 5.41) is 12.8. The number of fused-ring (bicyclic) bond motifs is 1. The molecule has 0 spiro atoms. The minimum absolute atomic E-state index is 0.477. The number of hydrogen-bond acceptors (Lipinski definition) is 4. The van der Waals surface area contributed by atoms with E-state index in [9.17, 15) is 0 Å². The second-order valence-corrected chi connectivity index (χ2v) is 4.58. The number of hydrogen-bond donors (Lipinski definition) is 1. The van der Waals surface area contributed by atoms with E-state index in [-0.39, 0.29) is 0 Å². The lowest BCUT2D eigenvalue weighted by atomic mass is 10.0. The molecule has 0 fully saturated rings. The quantitative estimate of drug-likeness (QED) is 0.768. The molecule has 0 bridgehead atoms. The van der Waals surface area contributed by atoms with Crippen molar-refractivity contribution in [2.75, 3.05) is 5.73 Å². The van der Waals surface area contributed by atoms with E-state index in [2.05, 4.69) is 15.3 Å². The molecule has 0 amide bonds. The minimum Gasteiger partial charge on any atom is -0.382 e. The summed E-state index contributed by atoms with van der Waals surface area (Å²) in [6.07, 6.45) is 5.97. The van der Waals surface area contributed by atoms with Crippen molar-refractivity contribution in [3.8, 4) is 11.4 Å². The lowest BCUT2D eigenvalue weighted by Crippen LogP contribution is -2.04. The summed E-state index contributed by atoms with van der Waals surface area (Å²) >= 11 is 0. The van der Waals surface area contributed by atoms with Crippen LogP contribution in [0, 0.1) is 0 Å². The number of benzene rings is 1. The van der Waals surface area contributed by atoms with Gasteiger partial charge in [-0.2, -0.15) is 4.52 Å². The van der Waals surface area contributed by atoms with Gasteiger partial charge in [-0.1, -0.05) is 48.6 Å². The Bertz CT molecular complexity index is 859. The fourth-order valence-electron chi connectivity index (χ4n) is 2.22. The van der Waals surface area contributed by atoms with E-state index in [0.717, 1.165) is 16.7 Å². The van der Waals surface area contributed by atoms with Crippen molar-refractivity contribution in [3.63, 3.8) is 0 Å². The van der Waals surface area contributed by atoms with Gasteiger partial charge in [0.1, 0.15) is 0 Å². The summed E-state index contributed by atoms with van der Waals surface area (Å²) in [5.74, 6) is 1.17. The van der Waals surface area contributed by atoms with Crippen LogP contribution in [0.1, 0.15) is 5.56 Å². The van der Waals surface area contributed by atoms with Crippen molar-refractivity contribution < 1.29 is 0 Å². The number of anilines is 1. The summed E-state index contributed by atoms with van der Waals surface area (Å²) in [6, 6.07) is 11.7. The van der Waals surface area contributed by atoms with Crippen LogP contribution in [0.4, 0.5) is 5.82 Å². The Morgan fingerprint density at radius 3 is 2.55 bits per heavy atom. The third-order valence-corrected chi connectivity index (χ3v) is 3.32. The molecule has 1 aliphatic rings. The van der Waals surface area contributed by atoms with E-state index in [0.29, 0.717) is 17.3 Å². The summed E-state index contributed by atoms with van der Waals surface area (Å²) in [6.45, 7) is 0. The third-order valence-electron chi connectivity index (χ3n) is 3.32. The highest BCUT2D eigenvalue weighted by molar-refractivity contribution is 5.86. The summed E-state index contributed by atoms with van der Waals surface area (Å²) in [4.78, 5) is 0. The maximum atomic E-state index is 6.04. The Balaban J connectivity index is 1.92.